The van der Waals surface area contributed by atoms with Gasteiger partial charge in [-0.05, 0) is 32.9 Å². The molecule has 68 valence electrons. The van der Waals surface area contributed by atoms with E-state index in [0.29, 0.717) is 5.92 Å². The lowest BCUT2D eigenvalue weighted by atomic mass is 9.82. The topological polar surface area (TPSA) is 23.5 Å². The number of hydrogen-bond donors (Lipinski definition) is 1. The molecule has 1 fully saturated rings. The van der Waals surface area contributed by atoms with Crippen LogP contribution in [0.5, 0.6) is 0 Å². The van der Waals surface area contributed by atoms with Crippen LogP contribution in [0, 0.1) is 5.92 Å². The Morgan fingerprint density at radius 3 is 1.91 bits per heavy atom. The van der Waals surface area contributed by atoms with Crippen molar-refractivity contribution >= 4 is 0 Å². The summed E-state index contributed by atoms with van der Waals surface area (Å²) in [5.41, 5.74) is 0. The fraction of sp³-hybridized carbons (Fsp3) is 1.00. The van der Waals surface area contributed by atoms with Crippen LogP contribution >= 0.6 is 0 Å². The number of aliphatic hydroxyl groups excluding tert-OH is 1. The molecule has 11 heavy (non-hydrogen) atoms. The molecule has 1 N–H and O–H groups in total. The highest BCUT2D eigenvalue weighted by Gasteiger charge is 2.28. The van der Waals surface area contributed by atoms with Crippen molar-refractivity contribution in [3.8, 4) is 0 Å². The Hall–Kier alpha value is -0.0800. The summed E-state index contributed by atoms with van der Waals surface area (Å²) in [6, 6.07) is 0. The molecule has 2 atom stereocenters. The predicted octanol–water partition coefficient (Wildman–Crippen LogP) is 1.35. The summed E-state index contributed by atoms with van der Waals surface area (Å²) < 4.78 is 0. The van der Waals surface area contributed by atoms with E-state index in [1.54, 1.807) is 0 Å². The zero-order chi connectivity index (χ0) is 8.85. The van der Waals surface area contributed by atoms with E-state index >= 15 is 0 Å². The van der Waals surface area contributed by atoms with E-state index in [1.165, 1.54) is 6.42 Å². The van der Waals surface area contributed by atoms with Crippen molar-refractivity contribution in [2.45, 2.75) is 32.8 Å². The molecule has 0 amide bonds. The highest BCUT2D eigenvalue weighted by Crippen LogP contribution is 2.27. The third-order valence-electron chi connectivity index (χ3n) is 1.98. The zero-order valence-electron chi connectivity index (χ0n) is 8.17. The molecule has 0 spiro atoms. The van der Waals surface area contributed by atoms with Crippen molar-refractivity contribution in [3.05, 3.63) is 0 Å². The lowest BCUT2D eigenvalue weighted by molar-refractivity contribution is 0.0110. The molecule has 0 heterocycles. The summed E-state index contributed by atoms with van der Waals surface area (Å²) in [7, 11) is 4.09. The van der Waals surface area contributed by atoms with E-state index in [9.17, 15) is 0 Å². The van der Waals surface area contributed by atoms with Crippen molar-refractivity contribution in [2.24, 2.45) is 5.92 Å². The second-order valence-corrected chi connectivity index (χ2v) is 3.17. The first-order valence-corrected chi connectivity index (χ1v) is 4.53. The number of rotatable bonds is 2. The Labute approximate surface area is 70.2 Å². The van der Waals surface area contributed by atoms with Crippen molar-refractivity contribution in [1.82, 2.24) is 4.90 Å². The maximum absolute atomic E-state index is 9.13. The van der Waals surface area contributed by atoms with Gasteiger partial charge in [0.15, 0.2) is 0 Å². The smallest absolute Gasteiger partial charge is 0.0580 e. The van der Waals surface area contributed by atoms with E-state index < -0.39 is 0 Å². The number of nitrogens with zero attached hydrogens (tertiary/aromatic N) is 1. The first kappa shape index (κ1) is 10.9. The SMILES string of the molecule is CC.CN(C)CC1CCC1O. The third-order valence-corrected chi connectivity index (χ3v) is 1.98. The summed E-state index contributed by atoms with van der Waals surface area (Å²) in [5, 5.41) is 9.13. The molecule has 2 nitrogen and oxygen atoms in total. The van der Waals surface area contributed by atoms with E-state index in [2.05, 4.69) is 4.90 Å². The lowest BCUT2D eigenvalue weighted by Crippen LogP contribution is -2.38. The molecule has 0 aromatic rings. The van der Waals surface area contributed by atoms with Crippen LogP contribution in [0.1, 0.15) is 26.7 Å². The monoisotopic (exact) mass is 159 g/mol. The van der Waals surface area contributed by atoms with Gasteiger partial charge in [-0.2, -0.15) is 0 Å². The van der Waals surface area contributed by atoms with Crippen molar-refractivity contribution in [2.75, 3.05) is 20.6 Å². The Bertz CT molecular complexity index is 93.6. The molecular formula is C9H21NO. The van der Waals surface area contributed by atoms with Crippen LogP contribution in [0.4, 0.5) is 0 Å². The fourth-order valence-corrected chi connectivity index (χ4v) is 1.23. The standard InChI is InChI=1S/C7H15NO.C2H6/c1-8(2)5-6-3-4-7(6)9;1-2/h6-7,9H,3-5H2,1-2H3;1-2H3. The van der Waals surface area contributed by atoms with Gasteiger partial charge in [0.25, 0.3) is 0 Å². The minimum absolute atomic E-state index is 0.00704. The predicted molar refractivity (Wildman–Crippen MR) is 48.6 cm³/mol. The van der Waals surface area contributed by atoms with Crippen LogP contribution in [0.2, 0.25) is 0 Å². The average molecular weight is 159 g/mol. The second-order valence-electron chi connectivity index (χ2n) is 3.17. The van der Waals surface area contributed by atoms with E-state index in [4.69, 9.17) is 5.11 Å². The van der Waals surface area contributed by atoms with E-state index in [1.807, 2.05) is 27.9 Å². The normalized spacial score (nSPS) is 28.9. The highest BCUT2D eigenvalue weighted by atomic mass is 16.3. The van der Waals surface area contributed by atoms with Gasteiger partial charge in [-0.15, -0.1) is 0 Å². The Morgan fingerprint density at radius 2 is 1.82 bits per heavy atom. The summed E-state index contributed by atoms with van der Waals surface area (Å²) in [4.78, 5) is 2.13. The molecule has 1 aliphatic carbocycles. The first-order chi connectivity index (χ1) is 5.20. The van der Waals surface area contributed by atoms with Gasteiger partial charge in [0.2, 0.25) is 0 Å². The minimum Gasteiger partial charge on any atom is -0.393 e. The van der Waals surface area contributed by atoms with Crippen LogP contribution in [0.15, 0.2) is 0 Å². The molecular weight excluding hydrogens is 138 g/mol. The molecule has 0 aromatic carbocycles. The van der Waals surface area contributed by atoms with Gasteiger partial charge in [-0.3, -0.25) is 0 Å². The molecule has 2 unspecified atom stereocenters. The molecule has 0 radical (unpaired) electrons. The van der Waals surface area contributed by atoms with Crippen LogP contribution < -0.4 is 0 Å². The van der Waals surface area contributed by atoms with Crippen molar-refractivity contribution in [3.63, 3.8) is 0 Å². The molecule has 1 rings (SSSR count). The number of aliphatic hydroxyl groups is 1. The molecule has 1 aliphatic rings. The van der Waals surface area contributed by atoms with Crippen LogP contribution in [-0.2, 0) is 0 Å². The zero-order valence-corrected chi connectivity index (χ0v) is 8.17. The maximum atomic E-state index is 9.13. The quantitative estimate of drug-likeness (QED) is 0.657. The van der Waals surface area contributed by atoms with Gasteiger partial charge < -0.3 is 10.0 Å². The molecule has 1 saturated carbocycles. The summed E-state index contributed by atoms with van der Waals surface area (Å²) >= 11 is 0. The molecule has 0 bridgehead atoms. The maximum Gasteiger partial charge on any atom is 0.0580 e. The molecule has 2 heteroatoms. The number of hydrogen-bond acceptors (Lipinski definition) is 2. The molecule has 0 saturated heterocycles. The van der Waals surface area contributed by atoms with Gasteiger partial charge in [0, 0.05) is 6.54 Å². The largest absolute Gasteiger partial charge is 0.393 e. The van der Waals surface area contributed by atoms with Crippen molar-refractivity contribution < 1.29 is 5.11 Å². The average Bonchev–Trinajstić information content (AvgIpc) is 2.01. The summed E-state index contributed by atoms with van der Waals surface area (Å²) in [6.07, 6.45) is 2.21. The second kappa shape index (κ2) is 5.56. The van der Waals surface area contributed by atoms with E-state index in [-0.39, 0.29) is 6.10 Å². The van der Waals surface area contributed by atoms with Gasteiger partial charge >= 0.3 is 0 Å². The van der Waals surface area contributed by atoms with E-state index in [0.717, 1.165) is 13.0 Å². The Morgan fingerprint density at radius 1 is 1.27 bits per heavy atom. The van der Waals surface area contributed by atoms with Crippen LogP contribution in [0.3, 0.4) is 0 Å². The van der Waals surface area contributed by atoms with Crippen LogP contribution in [0.25, 0.3) is 0 Å². The lowest BCUT2D eigenvalue weighted by Gasteiger charge is -2.34. The van der Waals surface area contributed by atoms with Gasteiger partial charge in [0.05, 0.1) is 6.10 Å². The van der Waals surface area contributed by atoms with Gasteiger partial charge in [0.1, 0.15) is 0 Å². The third kappa shape index (κ3) is 3.73. The van der Waals surface area contributed by atoms with Crippen LogP contribution in [-0.4, -0.2) is 36.8 Å². The first-order valence-electron chi connectivity index (χ1n) is 4.53. The fourth-order valence-electron chi connectivity index (χ4n) is 1.23. The summed E-state index contributed by atoms with van der Waals surface area (Å²) in [6.45, 7) is 5.04. The van der Waals surface area contributed by atoms with Gasteiger partial charge in [-0.1, -0.05) is 13.8 Å². The Kier molecular flexibility index (Phi) is 5.51. The Balaban J connectivity index is 0.000000461. The minimum atomic E-state index is -0.00704. The molecule has 0 aliphatic heterocycles. The highest BCUT2D eigenvalue weighted by molar-refractivity contribution is 4.81. The summed E-state index contributed by atoms with van der Waals surface area (Å²) in [5.74, 6) is 0.556. The van der Waals surface area contributed by atoms with Crippen molar-refractivity contribution in [1.29, 1.82) is 0 Å². The molecule has 0 aromatic heterocycles. The van der Waals surface area contributed by atoms with Gasteiger partial charge in [-0.25, -0.2) is 0 Å².